The van der Waals surface area contributed by atoms with Crippen LogP contribution in [-0.2, 0) is 0 Å². The second-order valence-corrected chi connectivity index (χ2v) is 7.97. The van der Waals surface area contributed by atoms with Gasteiger partial charge >= 0.3 is 0 Å². The van der Waals surface area contributed by atoms with Crippen LogP contribution in [-0.4, -0.2) is 31.1 Å². The number of imidazole rings is 1. The number of nitrogens with two attached hydrogens (primary N) is 1. The predicted octanol–water partition coefficient (Wildman–Crippen LogP) is 3.77. The average Bonchev–Trinajstić information content (AvgIpc) is 3.32. The molecule has 31 heavy (non-hydrogen) atoms. The Balaban J connectivity index is 1.89. The normalized spacial score (nSPS) is 13.3. The van der Waals surface area contributed by atoms with Crippen molar-refractivity contribution in [3.8, 4) is 0 Å². The van der Waals surface area contributed by atoms with Crippen molar-refractivity contribution in [2.75, 3.05) is 5.73 Å². The largest absolute Gasteiger partial charge is 0.368 e. The molecule has 0 bridgehead atoms. The van der Waals surface area contributed by atoms with E-state index in [2.05, 4.69) is 15.2 Å². The number of carbonyl (C=O) groups is 2. The monoisotopic (exact) mass is 453 g/mol. The van der Waals surface area contributed by atoms with Crippen LogP contribution in [0.15, 0.2) is 48.5 Å². The van der Waals surface area contributed by atoms with Gasteiger partial charge in [0.1, 0.15) is 0 Å². The predicted molar refractivity (Wildman–Crippen MR) is 119 cm³/mol. The number of hydrogen-bond donors (Lipinski definition) is 1. The number of Topliss-reactive ketones (excluding diaryl/α,β-unsaturated/α-hetero) is 2. The fraction of sp³-hybridized carbons (Fsp3) is 0.136. The lowest BCUT2D eigenvalue weighted by atomic mass is 9.94. The Kier molecular flexibility index (Phi) is 5.47. The molecular weight excluding hydrogens is 437 g/mol. The standard InChI is InChI=1S/C22H17Cl2N5O2/c1-11(19(30)13-3-7-15(23)8-4-13)17-18(29-21(25)27-28-22(29)26-17)12(2)20(31)14-5-9-16(24)10-6-14/h3-11H,1-2H3,(H2,25,27)/b18-12+/t11-/m1/s1. The summed E-state index contributed by atoms with van der Waals surface area (Å²) in [6, 6.07) is 13.2. The summed E-state index contributed by atoms with van der Waals surface area (Å²) in [5, 5.41) is 9.27. The summed E-state index contributed by atoms with van der Waals surface area (Å²) < 4.78 is 1.49. The van der Waals surface area contributed by atoms with Crippen LogP contribution in [0.4, 0.5) is 5.95 Å². The number of carbonyl (C=O) groups excluding carboxylic acids is 2. The van der Waals surface area contributed by atoms with E-state index in [1.54, 1.807) is 62.4 Å². The van der Waals surface area contributed by atoms with E-state index in [9.17, 15) is 9.59 Å². The van der Waals surface area contributed by atoms with Gasteiger partial charge in [-0.3, -0.25) is 9.59 Å². The molecular formula is C22H17Cl2N5O2. The minimum atomic E-state index is -0.662. The molecule has 0 aliphatic carbocycles. The van der Waals surface area contributed by atoms with Crippen molar-refractivity contribution in [2.45, 2.75) is 19.8 Å². The van der Waals surface area contributed by atoms with Crippen LogP contribution in [0.3, 0.4) is 0 Å². The summed E-state index contributed by atoms with van der Waals surface area (Å²) in [7, 11) is 0. The minimum absolute atomic E-state index is 0.0816. The highest BCUT2D eigenvalue weighted by Gasteiger charge is 2.26. The topological polar surface area (TPSA) is 103 Å². The molecule has 1 atom stereocenters. The van der Waals surface area contributed by atoms with E-state index in [1.807, 2.05) is 0 Å². The van der Waals surface area contributed by atoms with Crippen molar-refractivity contribution in [3.05, 3.63) is 80.7 Å². The molecule has 2 N–H and O–H groups in total. The molecule has 9 heteroatoms. The van der Waals surface area contributed by atoms with Crippen molar-refractivity contribution >= 4 is 52.1 Å². The number of rotatable bonds is 5. The smallest absolute Gasteiger partial charge is 0.257 e. The number of anilines is 1. The number of nitrogens with zero attached hydrogens (tertiary/aromatic N) is 4. The molecule has 7 nitrogen and oxygen atoms in total. The first-order chi connectivity index (χ1) is 14.8. The molecule has 0 saturated carbocycles. The zero-order valence-electron chi connectivity index (χ0n) is 16.6. The maximum absolute atomic E-state index is 13.2. The van der Waals surface area contributed by atoms with Crippen molar-refractivity contribution < 1.29 is 9.59 Å². The number of aromatic nitrogens is 4. The molecule has 0 aliphatic heterocycles. The fourth-order valence-electron chi connectivity index (χ4n) is 3.43. The molecule has 156 valence electrons. The Hall–Kier alpha value is -3.29. The van der Waals surface area contributed by atoms with E-state index in [0.717, 1.165) is 0 Å². The Morgan fingerprint density at radius 3 is 2.06 bits per heavy atom. The number of halogens is 2. The zero-order valence-corrected chi connectivity index (χ0v) is 18.1. The van der Waals surface area contributed by atoms with Crippen molar-refractivity contribution in [2.24, 2.45) is 0 Å². The second-order valence-electron chi connectivity index (χ2n) is 7.09. The van der Waals surface area contributed by atoms with Gasteiger partial charge in [-0.2, -0.15) is 0 Å². The van der Waals surface area contributed by atoms with E-state index >= 15 is 0 Å². The Bertz CT molecular complexity index is 1360. The first-order valence-corrected chi connectivity index (χ1v) is 10.1. The lowest BCUT2D eigenvalue weighted by molar-refractivity contribution is 0.0963. The van der Waals surface area contributed by atoms with E-state index in [-0.39, 0.29) is 23.3 Å². The lowest BCUT2D eigenvalue weighted by Gasteiger charge is -2.10. The highest BCUT2D eigenvalue weighted by atomic mass is 35.5. The third-order valence-electron chi connectivity index (χ3n) is 5.09. The van der Waals surface area contributed by atoms with Gasteiger partial charge < -0.3 is 5.73 Å². The maximum atomic E-state index is 13.2. The van der Waals surface area contributed by atoms with E-state index in [4.69, 9.17) is 28.9 Å². The molecule has 0 unspecified atom stereocenters. The molecule has 0 saturated heterocycles. The number of nitrogen functional groups attached to an aromatic ring is 1. The second kappa shape index (κ2) is 8.09. The third-order valence-corrected chi connectivity index (χ3v) is 5.60. The summed E-state index contributed by atoms with van der Waals surface area (Å²) in [4.78, 5) is 30.8. The first-order valence-electron chi connectivity index (χ1n) is 9.39. The van der Waals surface area contributed by atoms with Gasteiger partial charge in [-0.25, -0.2) is 9.38 Å². The van der Waals surface area contributed by atoms with Crippen LogP contribution in [0.1, 0.15) is 46.2 Å². The molecule has 0 amide bonds. The number of fused-ring (bicyclic) bond motifs is 1. The van der Waals surface area contributed by atoms with E-state index < -0.39 is 5.92 Å². The van der Waals surface area contributed by atoms with Gasteiger partial charge in [0.25, 0.3) is 5.78 Å². The van der Waals surface area contributed by atoms with Crippen LogP contribution in [0.2, 0.25) is 10.0 Å². The van der Waals surface area contributed by atoms with Crippen LogP contribution in [0, 0.1) is 0 Å². The number of benzene rings is 2. The zero-order chi connectivity index (χ0) is 22.3. The highest BCUT2D eigenvalue weighted by molar-refractivity contribution is 6.31. The summed E-state index contributed by atoms with van der Waals surface area (Å²) in [6.07, 6.45) is 0. The average molecular weight is 454 g/mol. The highest BCUT2D eigenvalue weighted by Crippen LogP contribution is 2.21. The lowest BCUT2D eigenvalue weighted by Crippen LogP contribution is -2.26. The number of hydrogen-bond acceptors (Lipinski definition) is 6. The van der Waals surface area contributed by atoms with Crippen LogP contribution in [0.25, 0.3) is 11.4 Å². The molecule has 2 aromatic heterocycles. The summed E-state index contributed by atoms with van der Waals surface area (Å²) >= 11 is 11.9. The Morgan fingerprint density at radius 1 is 0.935 bits per heavy atom. The van der Waals surface area contributed by atoms with Crippen LogP contribution < -0.4 is 11.1 Å². The van der Waals surface area contributed by atoms with E-state index in [1.165, 1.54) is 4.40 Å². The van der Waals surface area contributed by atoms with Gasteiger partial charge in [-0.15, -0.1) is 10.2 Å². The van der Waals surface area contributed by atoms with Gasteiger partial charge in [0.05, 0.1) is 17.0 Å². The quantitative estimate of drug-likeness (QED) is 0.461. The van der Waals surface area contributed by atoms with Crippen molar-refractivity contribution in [1.29, 1.82) is 0 Å². The Morgan fingerprint density at radius 2 is 1.48 bits per heavy atom. The van der Waals surface area contributed by atoms with Crippen molar-refractivity contribution in [3.63, 3.8) is 0 Å². The Labute approximate surface area is 187 Å². The molecule has 0 spiro atoms. The molecule has 0 radical (unpaired) electrons. The van der Waals surface area contributed by atoms with Gasteiger partial charge in [0, 0.05) is 26.7 Å². The summed E-state index contributed by atoms with van der Waals surface area (Å²) in [5.74, 6) is -0.770. The maximum Gasteiger partial charge on any atom is 0.257 e. The first kappa shape index (κ1) is 21.0. The van der Waals surface area contributed by atoms with E-state index in [0.29, 0.717) is 37.8 Å². The molecule has 4 aromatic rings. The minimum Gasteiger partial charge on any atom is -0.368 e. The molecule has 0 aliphatic rings. The molecule has 4 rings (SSSR count). The van der Waals surface area contributed by atoms with Gasteiger partial charge in [-0.1, -0.05) is 23.2 Å². The van der Waals surface area contributed by atoms with Gasteiger partial charge in [0.15, 0.2) is 11.6 Å². The van der Waals surface area contributed by atoms with Crippen molar-refractivity contribution in [1.82, 2.24) is 19.6 Å². The SMILES string of the molecule is C/C(C(=O)c1ccc(Cl)cc1)=c1/c([C@@H](C)C(=O)c2ccc(Cl)cc2)nc2nnc(N)n12. The molecule has 2 aromatic carbocycles. The summed E-state index contributed by atoms with van der Waals surface area (Å²) in [6.45, 7) is 3.39. The fourth-order valence-corrected chi connectivity index (χ4v) is 3.68. The third kappa shape index (κ3) is 3.78. The molecule has 0 fully saturated rings. The van der Waals surface area contributed by atoms with Gasteiger partial charge in [-0.05, 0) is 62.4 Å². The van der Waals surface area contributed by atoms with Crippen LogP contribution in [0.5, 0.6) is 0 Å². The van der Waals surface area contributed by atoms with Gasteiger partial charge in [0.2, 0.25) is 5.95 Å². The summed E-state index contributed by atoms with van der Waals surface area (Å²) in [5.41, 5.74) is 7.69. The molecule has 2 heterocycles. The van der Waals surface area contributed by atoms with Crippen LogP contribution >= 0.6 is 23.2 Å². The number of ketones is 2.